The molecule has 1 aromatic heterocycles. The number of aromatic nitrogens is 2. The van der Waals surface area contributed by atoms with Crippen molar-refractivity contribution in [1.29, 1.82) is 0 Å². The lowest BCUT2D eigenvalue weighted by Crippen LogP contribution is -2.13. The standard InChI is InChI=1S/C19H15N5O3S/c1-10(2)12-5-8-15-14(9-12)16(17(25)20-15)21-19-23-22-18(28-19)11-3-6-13(7-4-11)24(26)27/h3-10H,1-2H3,(H,20,21,23,25). The van der Waals surface area contributed by atoms with E-state index in [1.165, 1.54) is 23.5 Å². The smallest absolute Gasteiger partial charge is 0.275 e. The molecule has 1 N–H and O–H groups in total. The zero-order valence-corrected chi connectivity index (χ0v) is 15.9. The van der Waals surface area contributed by atoms with Crippen LogP contribution in [0.5, 0.6) is 0 Å². The predicted octanol–water partition coefficient (Wildman–Crippen LogP) is 4.31. The molecule has 4 rings (SSSR count). The fourth-order valence-electron chi connectivity index (χ4n) is 2.84. The number of nitrogens with zero attached hydrogens (tertiary/aromatic N) is 4. The highest BCUT2D eigenvalue weighted by molar-refractivity contribution is 7.18. The Balaban J connectivity index is 1.67. The van der Waals surface area contributed by atoms with Crippen molar-refractivity contribution >= 4 is 39.5 Å². The number of rotatable bonds is 4. The lowest BCUT2D eigenvalue weighted by molar-refractivity contribution is -0.384. The summed E-state index contributed by atoms with van der Waals surface area (Å²) in [6.07, 6.45) is 0. The summed E-state index contributed by atoms with van der Waals surface area (Å²) in [7, 11) is 0. The van der Waals surface area contributed by atoms with Crippen molar-refractivity contribution < 1.29 is 9.72 Å². The maximum Gasteiger partial charge on any atom is 0.275 e. The minimum atomic E-state index is -0.456. The first-order chi connectivity index (χ1) is 13.4. The first kappa shape index (κ1) is 17.9. The number of amides is 1. The Labute approximate surface area is 164 Å². The average molecular weight is 393 g/mol. The number of benzene rings is 2. The fraction of sp³-hybridized carbons (Fsp3) is 0.158. The van der Waals surface area contributed by atoms with E-state index >= 15 is 0 Å². The maximum atomic E-state index is 12.3. The van der Waals surface area contributed by atoms with Crippen LogP contribution in [0, 0.1) is 10.1 Å². The van der Waals surface area contributed by atoms with Crippen LogP contribution in [0.1, 0.15) is 30.9 Å². The van der Waals surface area contributed by atoms with Crippen molar-refractivity contribution in [3.8, 4) is 10.6 Å². The molecule has 0 unspecified atom stereocenters. The van der Waals surface area contributed by atoms with Gasteiger partial charge in [0.2, 0.25) is 5.13 Å². The Morgan fingerprint density at radius 1 is 1.14 bits per heavy atom. The minimum Gasteiger partial charge on any atom is -0.320 e. The van der Waals surface area contributed by atoms with Crippen LogP contribution in [0.15, 0.2) is 47.5 Å². The number of carbonyl (C=O) groups is 1. The van der Waals surface area contributed by atoms with Crippen LogP contribution in [0.2, 0.25) is 0 Å². The highest BCUT2D eigenvalue weighted by Crippen LogP contribution is 2.32. The third-order valence-corrected chi connectivity index (χ3v) is 5.24. The van der Waals surface area contributed by atoms with Gasteiger partial charge >= 0.3 is 0 Å². The van der Waals surface area contributed by atoms with Gasteiger partial charge in [0, 0.05) is 23.3 Å². The minimum absolute atomic E-state index is 0.00826. The van der Waals surface area contributed by atoms with E-state index in [0.29, 0.717) is 27.3 Å². The molecule has 3 aromatic rings. The molecule has 140 valence electrons. The Hall–Kier alpha value is -3.46. The summed E-state index contributed by atoms with van der Waals surface area (Å²) in [5, 5.41) is 22.6. The molecule has 2 aromatic carbocycles. The number of nitrogens with one attached hydrogen (secondary N) is 1. The molecular weight excluding hydrogens is 378 g/mol. The number of hydrogen-bond acceptors (Lipinski definition) is 7. The van der Waals surface area contributed by atoms with Crippen LogP contribution < -0.4 is 5.32 Å². The second kappa shape index (κ2) is 6.93. The Morgan fingerprint density at radius 2 is 1.89 bits per heavy atom. The van der Waals surface area contributed by atoms with E-state index in [1.54, 1.807) is 12.1 Å². The second-order valence-electron chi connectivity index (χ2n) is 6.57. The molecule has 0 bridgehead atoms. The number of fused-ring (bicyclic) bond motifs is 1. The number of carbonyl (C=O) groups excluding carboxylic acids is 1. The van der Waals surface area contributed by atoms with Crippen LogP contribution in [-0.4, -0.2) is 26.7 Å². The zero-order valence-electron chi connectivity index (χ0n) is 15.0. The van der Waals surface area contributed by atoms with E-state index in [-0.39, 0.29) is 11.6 Å². The van der Waals surface area contributed by atoms with Gasteiger partial charge in [-0.1, -0.05) is 31.3 Å². The van der Waals surface area contributed by atoms with Gasteiger partial charge in [-0.05, 0) is 35.7 Å². The van der Waals surface area contributed by atoms with E-state index in [1.807, 2.05) is 18.2 Å². The number of nitro groups is 1. The SMILES string of the molecule is CC(C)c1ccc2c(c1)/C(=N\c1nnc(-c3ccc([N+](=O)[O-])cc3)s1)C(=O)N2. The molecule has 1 amide bonds. The molecule has 9 heteroatoms. The fourth-order valence-corrected chi connectivity index (χ4v) is 3.57. The molecule has 0 saturated heterocycles. The molecule has 2 heterocycles. The molecule has 1 aliphatic heterocycles. The molecular formula is C19H15N5O3S. The van der Waals surface area contributed by atoms with Crippen molar-refractivity contribution in [2.24, 2.45) is 4.99 Å². The van der Waals surface area contributed by atoms with Crippen molar-refractivity contribution in [3.05, 3.63) is 63.7 Å². The average Bonchev–Trinajstić information content (AvgIpc) is 3.26. The summed E-state index contributed by atoms with van der Waals surface area (Å²) in [6, 6.07) is 11.9. The summed E-state index contributed by atoms with van der Waals surface area (Å²) in [4.78, 5) is 27.1. The largest absolute Gasteiger partial charge is 0.320 e. The van der Waals surface area contributed by atoms with Crippen molar-refractivity contribution in [1.82, 2.24) is 10.2 Å². The van der Waals surface area contributed by atoms with Crippen LogP contribution >= 0.6 is 11.3 Å². The molecule has 1 aliphatic rings. The summed E-state index contributed by atoms with van der Waals surface area (Å²) in [5.41, 5.74) is 3.62. The van der Waals surface area contributed by atoms with Gasteiger partial charge in [0.05, 0.1) is 10.6 Å². The predicted molar refractivity (Wildman–Crippen MR) is 107 cm³/mol. The number of hydrogen-bond donors (Lipinski definition) is 1. The summed E-state index contributed by atoms with van der Waals surface area (Å²) < 4.78 is 0. The van der Waals surface area contributed by atoms with Crippen LogP contribution in [0.25, 0.3) is 10.6 Å². The zero-order chi connectivity index (χ0) is 19.8. The van der Waals surface area contributed by atoms with Gasteiger partial charge in [-0.2, -0.15) is 0 Å². The van der Waals surface area contributed by atoms with Crippen molar-refractivity contribution in [2.75, 3.05) is 5.32 Å². The lowest BCUT2D eigenvalue weighted by atomic mass is 9.99. The Morgan fingerprint density at radius 3 is 2.57 bits per heavy atom. The molecule has 0 aliphatic carbocycles. The highest BCUT2D eigenvalue weighted by Gasteiger charge is 2.27. The maximum absolute atomic E-state index is 12.3. The number of nitro benzene ring substituents is 1. The van der Waals surface area contributed by atoms with Gasteiger partial charge in [-0.3, -0.25) is 14.9 Å². The van der Waals surface area contributed by atoms with E-state index < -0.39 is 4.92 Å². The second-order valence-corrected chi connectivity index (χ2v) is 7.52. The summed E-state index contributed by atoms with van der Waals surface area (Å²) in [6.45, 7) is 4.17. The monoisotopic (exact) mass is 393 g/mol. The Bertz CT molecular complexity index is 1120. The molecule has 0 atom stereocenters. The third kappa shape index (κ3) is 3.27. The van der Waals surface area contributed by atoms with Crippen molar-refractivity contribution in [3.63, 3.8) is 0 Å². The number of aliphatic imine (C=N–C) groups is 1. The van der Waals surface area contributed by atoms with Gasteiger partial charge in [0.1, 0.15) is 10.7 Å². The van der Waals surface area contributed by atoms with Crippen LogP contribution in [0.4, 0.5) is 16.5 Å². The topological polar surface area (TPSA) is 110 Å². The number of non-ortho nitro benzene ring substituents is 1. The van der Waals surface area contributed by atoms with E-state index in [9.17, 15) is 14.9 Å². The molecule has 0 fully saturated rings. The number of anilines is 1. The van der Waals surface area contributed by atoms with Crippen LogP contribution in [0.3, 0.4) is 0 Å². The third-order valence-electron chi connectivity index (χ3n) is 4.38. The molecule has 28 heavy (non-hydrogen) atoms. The lowest BCUT2D eigenvalue weighted by Gasteiger charge is -2.06. The summed E-state index contributed by atoms with van der Waals surface area (Å²) in [5.74, 6) is 0.0560. The quantitative estimate of drug-likeness (QED) is 0.524. The molecule has 0 spiro atoms. The molecule has 0 saturated carbocycles. The van der Waals surface area contributed by atoms with Gasteiger partial charge < -0.3 is 5.32 Å². The molecule has 8 nitrogen and oxygen atoms in total. The summed E-state index contributed by atoms with van der Waals surface area (Å²) >= 11 is 1.21. The van der Waals surface area contributed by atoms with Gasteiger partial charge in [-0.15, -0.1) is 10.2 Å². The Kier molecular flexibility index (Phi) is 4.44. The normalized spacial score (nSPS) is 14.4. The van der Waals surface area contributed by atoms with Gasteiger partial charge in [0.25, 0.3) is 11.6 Å². The molecule has 0 radical (unpaired) electrons. The van der Waals surface area contributed by atoms with Gasteiger partial charge in [-0.25, -0.2) is 4.99 Å². The van der Waals surface area contributed by atoms with Crippen molar-refractivity contribution in [2.45, 2.75) is 19.8 Å². The van der Waals surface area contributed by atoms with E-state index in [2.05, 4.69) is 34.4 Å². The van der Waals surface area contributed by atoms with Gasteiger partial charge in [0.15, 0.2) is 0 Å². The van der Waals surface area contributed by atoms with E-state index in [4.69, 9.17) is 0 Å². The first-order valence-corrected chi connectivity index (χ1v) is 9.36. The first-order valence-electron chi connectivity index (χ1n) is 8.55. The highest BCUT2D eigenvalue weighted by atomic mass is 32.1. The van der Waals surface area contributed by atoms with Crippen LogP contribution in [-0.2, 0) is 4.79 Å². The van der Waals surface area contributed by atoms with E-state index in [0.717, 1.165) is 16.8 Å².